The van der Waals surface area contributed by atoms with Gasteiger partial charge in [0.25, 0.3) is 0 Å². The second kappa shape index (κ2) is 7.15. The van der Waals surface area contributed by atoms with E-state index in [2.05, 4.69) is 4.98 Å². The molecule has 26 heavy (non-hydrogen) atoms. The molecule has 7 nitrogen and oxygen atoms in total. The van der Waals surface area contributed by atoms with Crippen LogP contribution in [0.3, 0.4) is 0 Å². The third-order valence-corrected chi connectivity index (χ3v) is 4.07. The number of nitrogens with zero attached hydrogens (tertiary/aromatic N) is 1. The summed E-state index contributed by atoms with van der Waals surface area (Å²) in [6, 6.07) is 10.3. The molecule has 0 aliphatic carbocycles. The smallest absolute Gasteiger partial charge is 0.454 e. The van der Waals surface area contributed by atoms with Crippen LogP contribution in [0.25, 0.3) is 22.2 Å². The standard InChI is InChI=1S/C16H11FNO6P.Na/c17-11-4-2-1-3-9(11)12-6-14(24-25(19,20)21)10-5-15-16(23-8-22-15)7-13(10)18-12;/h1-7H,8H2,(H2,19,20,21);. The van der Waals surface area contributed by atoms with Gasteiger partial charge in [0.1, 0.15) is 11.6 Å². The first-order valence-corrected chi connectivity index (χ1v) is 8.68. The van der Waals surface area contributed by atoms with Crippen LogP contribution in [-0.4, -0.2) is 51.1 Å². The van der Waals surface area contributed by atoms with Crippen LogP contribution in [0.5, 0.6) is 17.2 Å². The molecular formula is C16H11FNNaO6P. The number of halogens is 1. The van der Waals surface area contributed by atoms with Crippen molar-refractivity contribution in [3.05, 3.63) is 48.3 Å². The molecular weight excluding hydrogens is 375 g/mol. The summed E-state index contributed by atoms with van der Waals surface area (Å²) in [7, 11) is -4.83. The van der Waals surface area contributed by atoms with Crippen LogP contribution in [0.15, 0.2) is 42.5 Å². The van der Waals surface area contributed by atoms with Gasteiger partial charge in [-0.25, -0.2) is 13.9 Å². The van der Waals surface area contributed by atoms with Gasteiger partial charge in [0.2, 0.25) is 6.79 Å². The minimum atomic E-state index is -4.83. The zero-order valence-corrected chi connectivity index (χ0v) is 16.4. The van der Waals surface area contributed by atoms with E-state index >= 15 is 0 Å². The molecule has 0 spiro atoms. The Hall–Kier alpha value is -1.67. The maximum atomic E-state index is 14.1. The van der Waals surface area contributed by atoms with Crippen molar-refractivity contribution in [1.29, 1.82) is 0 Å². The number of benzene rings is 2. The van der Waals surface area contributed by atoms with Crippen LogP contribution in [-0.2, 0) is 4.57 Å². The predicted molar refractivity (Wildman–Crippen MR) is 91.7 cm³/mol. The second-order valence-electron chi connectivity index (χ2n) is 5.29. The summed E-state index contributed by atoms with van der Waals surface area (Å²) in [4.78, 5) is 22.7. The first-order chi connectivity index (χ1) is 11.9. The summed E-state index contributed by atoms with van der Waals surface area (Å²) in [6.07, 6.45) is 0. The Morgan fingerprint density at radius 3 is 2.50 bits per heavy atom. The van der Waals surface area contributed by atoms with Gasteiger partial charge in [-0.1, -0.05) is 12.1 Å². The fourth-order valence-corrected chi connectivity index (χ4v) is 3.00. The zero-order chi connectivity index (χ0) is 17.6. The van der Waals surface area contributed by atoms with E-state index < -0.39 is 13.6 Å². The summed E-state index contributed by atoms with van der Waals surface area (Å²) in [6.45, 7) is 0.0283. The van der Waals surface area contributed by atoms with Gasteiger partial charge in [-0.05, 0) is 18.2 Å². The molecule has 1 radical (unpaired) electrons. The number of rotatable bonds is 3. The zero-order valence-electron chi connectivity index (χ0n) is 13.5. The Bertz CT molecular complexity index is 1040. The molecule has 0 unspecified atom stereocenters. The number of aromatic nitrogens is 1. The minimum Gasteiger partial charge on any atom is -0.454 e. The van der Waals surface area contributed by atoms with Gasteiger partial charge in [0.15, 0.2) is 11.5 Å². The third-order valence-electron chi connectivity index (χ3n) is 3.63. The molecule has 0 saturated carbocycles. The molecule has 4 rings (SSSR count). The Kier molecular flexibility index (Phi) is 5.25. The van der Waals surface area contributed by atoms with Gasteiger partial charge < -0.3 is 14.0 Å². The molecule has 2 N–H and O–H groups in total. The van der Waals surface area contributed by atoms with E-state index in [9.17, 15) is 18.7 Å². The minimum absolute atomic E-state index is 0. The average molecular weight is 386 g/mol. The molecule has 1 aromatic heterocycles. The summed E-state index contributed by atoms with van der Waals surface area (Å²) >= 11 is 0. The molecule has 129 valence electrons. The molecule has 0 atom stereocenters. The number of pyridine rings is 1. The molecule has 1 aliphatic rings. The molecule has 1 aliphatic heterocycles. The van der Waals surface area contributed by atoms with E-state index in [4.69, 9.17) is 14.0 Å². The SMILES string of the molecule is O=P(O)(O)Oc1cc(-c2ccccc2F)nc2cc3c(cc12)OCO3.[Na]. The Labute approximate surface area is 169 Å². The van der Waals surface area contributed by atoms with Crippen molar-refractivity contribution in [2.24, 2.45) is 0 Å². The van der Waals surface area contributed by atoms with E-state index in [1.54, 1.807) is 12.1 Å². The van der Waals surface area contributed by atoms with E-state index in [0.717, 1.165) is 0 Å². The average Bonchev–Trinajstić information content (AvgIpc) is 2.99. The molecule has 2 aromatic carbocycles. The Morgan fingerprint density at radius 2 is 1.81 bits per heavy atom. The van der Waals surface area contributed by atoms with Crippen molar-refractivity contribution < 1.29 is 32.7 Å². The van der Waals surface area contributed by atoms with E-state index in [0.29, 0.717) is 22.4 Å². The summed E-state index contributed by atoms with van der Waals surface area (Å²) < 4.78 is 40.7. The number of fused-ring (bicyclic) bond motifs is 2. The maximum absolute atomic E-state index is 14.1. The van der Waals surface area contributed by atoms with Gasteiger partial charge in [0, 0.05) is 52.6 Å². The number of hydrogen-bond donors (Lipinski definition) is 2. The van der Waals surface area contributed by atoms with Crippen molar-refractivity contribution in [2.75, 3.05) is 6.79 Å². The van der Waals surface area contributed by atoms with Crippen molar-refractivity contribution in [1.82, 2.24) is 4.98 Å². The van der Waals surface area contributed by atoms with Crippen molar-refractivity contribution >= 4 is 48.3 Å². The number of phosphoric ester groups is 1. The fourth-order valence-electron chi connectivity index (χ4n) is 2.60. The number of phosphoric acid groups is 1. The summed E-state index contributed by atoms with van der Waals surface area (Å²) in [5.41, 5.74) is 0.680. The van der Waals surface area contributed by atoms with E-state index in [-0.39, 0.29) is 53.4 Å². The predicted octanol–water partition coefficient (Wildman–Crippen LogP) is 2.86. The molecule has 2 heterocycles. The van der Waals surface area contributed by atoms with E-state index in [1.807, 2.05) is 0 Å². The molecule has 0 amide bonds. The van der Waals surface area contributed by atoms with Crippen LogP contribution in [0.2, 0.25) is 0 Å². The number of hydrogen-bond acceptors (Lipinski definition) is 5. The third kappa shape index (κ3) is 3.71. The largest absolute Gasteiger partial charge is 0.524 e. The molecule has 10 heteroatoms. The van der Waals surface area contributed by atoms with Crippen LogP contribution in [0.4, 0.5) is 4.39 Å². The van der Waals surface area contributed by atoms with Gasteiger partial charge in [0.05, 0.1) is 11.2 Å². The van der Waals surface area contributed by atoms with Crippen LogP contribution in [0.1, 0.15) is 0 Å². The van der Waals surface area contributed by atoms with Crippen molar-refractivity contribution in [3.63, 3.8) is 0 Å². The van der Waals surface area contributed by atoms with E-state index in [1.165, 1.54) is 30.3 Å². The quantitative estimate of drug-likeness (QED) is 0.528. The Morgan fingerprint density at radius 1 is 1.12 bits per heavy atom. The van der Waals surface area contributed by atoms with Crippen molar-refractivity contribution in [2.45, 2.75) is 0 Å². The molecule has 3 aromatic rings. The topological polar surface area (TPSA) is 98.1 Å². The monoisotopic (exact) mass is 386 g/mol. The second-order valence-corrected chi connectivity index (χ2v) is 6.45. The first kappa shape index (κ1) is 19.1. The summed E-state index contributed by atoms with van der Waals surface area (Å²) in [5, 5.41) is 0.313. The molecule has 0 fully saturated rings. The van der Waals surface area contributed by atoms with Gasteiger partial charge >= 0.3 is 7.82 Å². The van der Waals surface area contributed by atoms with Gasteiger partial charge in [-0.15, -0.1) is 0 Å². The van der Waals surface area contributed by atoms with Crippen molar-refractivity contribution in [3.8, 4) is 28.5 Å². The fraction of sp³-hybridized carbons (Fsp3) is 0.0625. The van der Waals surface area contributed by atoms with Crippen LogP contribution >= 0.6 is 7.82 Å². The molecule has 0 bridgehead atoms. The normalized spacial score (nSPS) is 12.7. The van der Waals surface area contributed by atoms with Gasteiger partial charge in [-0.2, -0.15) is 0 Å². The van der Waals surface area contributed by atoms with Crippen LogP contribution in [0, 0.1) is 5.82 Å². The Balaban J connectivity index is 0.00000196. The maximum Gasteiger partial charge on any atom is 0.524 e. The number of ether oxygens (including phenoxy) is 2. The first-order valence-electron chi connectivity index (χ1n) is 7.15. The van der Waals surface area contributed by atoms with Crippen LogP contribution < -0.4 is 14.0 Å². The summed E-state index contributed by atoms with van der Waals surface area (Å²) in [5.74, 6) is 0.198. The molecule has 0 saturated heterocycles. The van der Waals surface area contributed by atoms with Gasteiger partial charge in [-0.3, -0.25) is 9.79 Å².